The second-order valence-corrected chi connectivity index (χ2v) is 18.9. The molecule has 67 heavy (non-hydrogen) atoms. The van der Waals surface area contributed by atoms with Crippen LogP contribution in [0.15, 0.2) is 48.6 Å². The molecule has 1 amide bonds. The molecule has 0 radical (unpaired) electrons. The van der Waals surface area contributed by atoms with Gasteiger partial charge in [-0.05, 0) is 77.0 Å². The molecule has 1 heterocycles. The minimum atomic E-state index is -1.62. The van der Waals surface area contributed by atoms with E-state index in [4.69, 9.17) is 14.2 Å². The smallest absolute Gasteiger partial charge is 0.306 e. The molecule has 1 rings (SSSR count). The fourth-order valence-corrected chi connectivity index (χ4v) is 8.33. The van der Waals surface area contributed by atoms with Gasteiger partial charge in [0.15, 0.2) is 12.4 Å². The van der Waals surface area contributed by atoms with Crippen LogP contribution in [0.3, 0.4) is 0 Å². The summed E-state index contributed by atoms with van der Waals surface area (Å²) in [6.45, 7) is 5.63. The molecule has 0 saturated carbocycles. The maximum atomic E-state index is 13.3. The normalized spacial score (nSPS) is 20.4. The largest absolute Gasteiger partial charge is 0.454 e. The Labute approximate surface area is 408 Å². The van der Waals surface area contributed by atoms with Crippen molar-refractivity contribution in [2.24, 2.45) is 0 Å². The van der Waals surface area contributed by atoms with Crippen LogP contribution in [0.5, 0.6) is 0 Å². The van der Waals surface area contributed by atoms with Crippen molar-refractivity contribution < 1.29 is 49.3 Å². The first-order valence-corrected chi connectivity index (χ1v) is 27.4. The Hall–Kier alpha value is -2.38. The lowest BCUT2D eigenvalue weighted by atomic mass is 9.99. The quantitative estimate of drug-likeness (QED) is 0.0196. The summed E-state index contributed by atoms with van der Waals surface area (Å²) in [7, 11) is 0. The summed E-state index contributed by atoms with van der Waals surface area (Å²) in [4.78, 5) is 26.4. The number of rotatable bonds is 45. The third kappa shape index (κ3) is 33.7. The summed E-state index contributed by atoms with van der Waals surface area (Å²) in [5, 5.41) is 56.6. The zero-order chi connectivity index (χ0) is 49.0. The Morgan fingerprint density at radius 3 is 1.61 bits per heavy atom. The molecule has 0 aromatic rings. The van der Waals surface area contributed by atoms with E-state index in [0.717, 1.165) is 83.5 Å². The van der Waals surface area contributed by atoms with Crippen molar-refractivity contribution in [2.45, 2.75) is 282 Å². The van der Waals surface area contributed by atoms with E-state index in [1.165, 1.54) is 103 Å². The molecule has 390 valence electrons. The van der Waals surface area contributed by atoms with Crippen molar-refractivity contribution in [3.63, 3.8) is 0 Å². The van der Waals surface area contributed by atoms with Crippen LogP contribution in [0.4, 0.5) is 0 Å². The van der Waals surface area contributed by atoms with Crippen LogP contribution in [0.25, 0.3) is 0 Å². The number of nitrogens with one attached hydrogen (secondary N) is 1. The van der Waals surface area contributed by atoms with Gasteiger partial charge in [-0.2, -0.15) is 0 Å². The van der Waals surface area contributed by atoms with Crippen LogP contribution >= 0.6 is 0 Å². The van der Waals surface area contributed by atoms with Crippen LogP contribution in [0.1, 0.15) is 233 Å². The molecule has 11 heteroatoms. The molecule has 8 unspecified atom stereocenters. The van der Waals surface area contributed by atoms with E-state index < -0.39 is 67.4 Å². The number of amides is 1. The number of ether oxygens (including phenoxy) is 3. The standard InChI is InChI=1S/C56H101NO10/c1-4-7-10-13-16-19-22-24-26-29-32-35-38-41-44-51(61)67-54-53(63)52(62)50(45-58)66-56(54)65-46-47(48(59)42-39-36-33-30-27-21-18-15-12-9-6-3)57-55(64)49(60)43-40-37-34-31-28-25-23-20-17-14-11-8-5-2/h7,10,16,19,28,31,39,42,47-50,52-54,56,58-60,62-63H,4-6,8-9,11-15,17-18,20-27,29-30,32-38,40-41,43-46H2,1-3H3,(H,57,64)/b10-7+,19-16+,31-28-,42-39+. The van der Waals surface area contributed by atoms with Gasteiger partial charge in [-0.25, -0.2) is 0 Å². The fourth-order valence-electron chi connectivity index (χ4n) is 8.33. The van der Waals surface area contributed by atoms with Crippen molar-refractivity contribution >= 4 is 11.9 Å². The molecule has 0 aliphatic carbocycles. The third-order valence-corrected chi connectivity index (χ3v) is 12.7. The van der Waals surface area contributed by atoms with Crippen molar-refractivity contribution in [1.82, 2.24) is 5.32 Å². The Morgan fingerprint density at radius 1 is 0.597 bits per heavy atom. The van der Waals surface area contributed by atoms with Gasteiger partial charge in [0.05, 0.1) is 25.4 Å². The molecule has 0 aromatic heterocycles. The van der Waals surface area contributed by atoms with Crippen molar-refractivity contribution in [3.8, 4) is 0 Å². The van der Waals surface area contributed by atoms with E-state index in [9.17, 15) is 35.1 Å². The van der Waals surface area contributed by atoms with E-state index in [1.807, 2.05) is 6.08 Å². The summed E-state index contributed by atoms with van der Waals surface area (Å²) < 4.78 is 17.5. The topological polar surface area (TPSA) is 175 Å². The van der Waals surface area contributed by atoms with E-state index in [-0.39, 0.29) is 19.4 Å². The molecule has 8 atom stereocenters. The molecule has 1 saturated heterocycles. The van der Waals surface area contributed by atoms with Crippen LogP contribution in [-0.2, 0) is 23.8 Å². The summed E-state index contributed by atoms with van der Waals surface area (Å²) in [5.74, 6) is -1.22. The monoisotopic (exact) mass is 948 g/mol. The number of carbonyl (C=O) groups excluding carboxylic acids is 2. The van der Waals surface area contributed by atoms with Crippen molar-refractivity contribution in [1.29, 1.82) is 0 Å². The first-order valence-electron chi connectivity index (χ1n) is 27.4. The Kier molecular flexibility index (Phi) is 41.9. The van der Waals surface area contributed by atoms with E-state index in [1.54, 1.807) is 6.08 Å². The minimum absolute atomic E-state index is 0.112. The fraction of sp³-hybridized carbons (Fsp3) is 0.821. The highest BCUT2D eigenvalue weighted by molar-refractivity contribution is 5.80. The molecule has 1 aliphatic rings. The molecular formula is C56H101NO10. The Morgan fingerprint density at radius 2 is 1.07 bits per heavy atom. The van der Waals surface area contributed by atoms with E-state index >= 15 is 0 Å². The third-order valence-electron chi connectivity index (χ3n) is 12.7. The predicted octanol–water partition coefficient (Wildman–Crippen LogP) is 11.7. The number of aliphatic hydroxyl groups is 5. The number of unbranched alkanes of at least 4 members (excludes halogenated alkanes) is 25. The average Bonchev–Trinajstić information content (AvgIpc) is 3.32. The van der Waals surface area contributed by atoms with Gasteiger partial charge in [-0.3, -0.25) is 9.59 Å². The van der Waals surface area contributed by atoms with E-state index in [2.05, 4.69) is 62.5 Å². The zero-order valence-corrected chi connectivity index (χ0v) is 42.8. The number of hydrogen-bond donors (Lipinski definition) is 6. The van der Waals surface area contributed by atoms with Gasteiger partial charge in [0.2, 0.25) is 5.91 Å². The summed E-state index contributed by atoms with van der Waals surface area (Å²) in [6, 6.07) is -1.03. The first-order chi connectivity index (χ1) is 32.7. The van der Waals surface area contributed by atoms with Crippen LogP contribution < -0.4 is 5.32 Å². The molecule has 1 fully saturated rings. The van der Waals surface area contributed by atoms with Gasteiger partial charge in [0.1, 0.15) is 24.4 Å². The predicted molar refractivity (Wildman–Crippen MR) is 273 cm³/mol. The number of carbonyl (C=O) groups is 2. The minimum Gasteiger partial charge on any atom is -0.454 e. The molecule has 0 aromatic carbocycles. The lowest BCUT2D eigenvalue weighted by Crippen LogP contribution is -2.61. The molecule has 0 bridgehead atoms. The second-order valence-electron chi connectivity index (χ2n) is 18.9. The number of aliphatic hydroxyl groups excluding tert-OH is 5. The lowest BCUT2D eigenvalue weighted by molar-refractivity contribution is -0.305. The molecule has 1 aliphatic heterocycles. The summed E-state index contributed by atoms with van der Waals surface area (Å²) in [6.07, 6.45) is 41.6. The molecule has 0 spiro atoms. The summed E-state index contributed by atoms with van der Waals surface area (Å²) in [5.41, 5.74) is 0. The van der Waals surface area contributed by atoms with Gasteiger partial charge < -0.3 is 45.1 Å². The van der Waals surface area contributed by atoms with Gasteiger partial charge >= 0.3 is 5.97 Å². The maximum Gasteiger partial charge on any atom is 0.306 e. The summed E-state index contributed by atoms with van der Waals surface area (Å²) >= 11 is 0. The molecule has 6 N–H and O–H groups in total. The van der Waals surface area contributed by atoms with Crippen LogP contribution in [-0.4, -0.2) is 99.6 Å². The number of hydrogen-bond acceptors (Lipinski definition) is 10. The van der Waals surface area contributed by atoms with Crippen molar-refractivity contribution in [3.05, 3.63) is 48.6 Å². The number of allylic oxidation sites excluding steroid dienone is 7. The SMILES string of the molecule is CC/C=C/C/C=C/CCCCCCCCCC(=O)OC1C(OCC(NC(=O)C(O)CCCC/C=C\CCCCCCCCC)C(O)/C=C/CCCCCCCCCCC)OC(CO)C(O)C1O. The highest BCUT2D eigenvalue weighted by Gasteiger charge is 2.47. The van der Waals surface area contributed by atoms with Crippen molar-refractivity contribution in [2.75, 3.05) is 13.2 Å². The average molecular weight is 948 g/mol. The maximum absolute atomic E-state index is 13.3. The first kappa shape index (κ1) is 62.6. The number of esters is 1. The van der Waals surface area contributed by atoms with Gasteiger partial charge in [0, 0.05) is 6.42 Å². The molecular weight excluding hydrogens is 847 g/mol. The molecule has 11 nitrogen and oxygen atoms in total. The van der Waals surface area contributed by atoms with Gasteiger partial charge in [0.25, 0.3) is 0 Å². The van der Waals surface area contributed by atoms with Crippen LogP contribution in [0.2, 0.25) is 0 Å². The van der Waals surface area contributed by atoms with Gasteiger partial charge in [-0.1, -0.05) is 198 Å². The zero-order valence-electron chi connectivity index (χ0n) is 42.8. The second kappa shape index (κ2) is 44.8. The Bertz CT molecular complexity index is 1270. The lowest BCUT2D eigenvalue weighted by Gasteiger charge is -2.41. The highest BCUT2D eigenvalue weighted by atomic mass is 16.7. The highest BCUT2D eigenvalue weighted by Crippen LogP contribution is 2.26. The van der Waals surface area contributed by atoms with E-state index in [0.29, 0.717) is 12.8 Å². The van der Waals surface area contributed by atoms with Gasteiger partial charge in [-0.15, -0.1) is 0 Å². The van der Waals surface area contributed by atoms with Crippen LogP contribution in [0, 0.1) is 0 Å². The Balaban J connectivity index is 2.77.